The van der Waals surface area contributed by atoms with Gasteiger partial charge in [-0.2, -0.15) is 10.4 Å². The van der Waals surface area contributed by atoms with Gasteiger partial charge in [0, 0.05) is 37.0 Å². The number of hydrogen-bond donors (Lipinski definition) is 1. The van der Waals surface area contributed by atoms with E-state index in [-0.39, 0.29) is 5.82 Å². The minimum absolute atomic E-state index is 0.338. The molecule has 0 saturated carbocycles. The Morgan fingerprint density at radius 2 is 2.10 bits per heavy atom. The van der Waals surface area contributed by atoms with Crippen molar-refractivity contribution in [2.45, 2.75) is 26.9 Å². The van der Waals surface area contributed by atoms with Crippen LogP contribution in [0.25, 0.3) is 0 Å². The summed E-state index contributed by atoms with van der Waals surface area (Å²) in [5.41, 5.74) is 4.13. The summed E-state index contributed by atoms with van der Waals surface area (Å²) in [6, 6.07) is 6.45. The lowest BCUT2D eigenvalue weighted by molar-refractivity contribution is 0.586. The first-order valence-corrected chi connectivity index (χ1v) is 6.41. The van der Waals surface area contributed by atoms with Gasteiger partial charge in [-0.15, -0.1) is 0 Å². The van der Waals surface area contributed by atoms with E-state index in [1.165, 1.54) is 6.07 Å². The number of nitrogens with one attached hydrogen (secondary N) is 1. The number of hydrogen-bond acceptors (Lipinski definition) is 3. The summed E-state index contributed by atoms with van der Waals surface area (Å²) < 4.78 is 15.6. The maximum Gasteiger partial charge on any atom is 0.129 e. The van der Waals surface area contributed by atoms with Crippen molar-refractivity contribution in [1.82, 2.24) is 15.1 Å². The molecular weight excluding hydrogens is 255 g/mol. The van der Waals surface area contributed by atoms with Gasteiger partial charge in [0.05, 0.1) is 17.3 Å². The average Bonchev–Trinajstić information content (AvgIpc) is 2.66. The highest BCUT2D eigenvalue weighted by atomic mass is 19.1. The molecule has 0 unspecified atom stereocenters. The van der Waals surface area contributed by atoms with Crippen LogP contribution in [0.3, 0.4) is 0 Å². The first kappa shape index (κ1) is 14.2. The van der Waals surface area contributed by atoms with Crippen LogP contribution in [0.15, 0.2) is 18.2 Å². The number of aryl methyl sites for hydroxylation is 2. The zero-order valence-electron chi connectivity index (χ0n) is 11.9. The third-order valence-corrected chi connectivity index (χ3v) is 3.46. The van der Waals surface area contributed by atoms with Gasteiger partial charge in [0.2, 0.25) is 0 Å². The van der Waals surface area contributed by atoms with Crippen LogP contribution in [-0.2, 0) is 20.1 Å². The van der Waals surface area contributed by atoms with Gasteiger partial charge in [-0.25, -0.2) is 4.39 Å². The first-order valence-electron chi connectivity index (χ1n) is 6.41. The number of nitrogens with zero attached hydrogens (tertiary/aromatic N) is 3. The van der Waals surface area contributed by atoms with E-state index < -0.39 is 0 Å². The number of nitriles is 1. The molecule has 1 aromatic carbocycles. The summed E-state index contributed by atoms with van der Waals surface area (Å²) in [6.07, 6.45) is 0. The molecule has 0 aliphatic rings. The lowest BCUT2D eigenvalue weighted by Gasteiger charge is -2.07. The molecular formula is C15H17FN4. The largest absolute Gasteiger partial charge is 0.308 e. The van der Waals surface area contributed by atoms with Gasteiger partial charge < -0.3 is 5.32 Å². The first-order chi connectivity index (χ1) is 9.52. The fraction of sp³-hybridized carbons (Fsp3) is 0.333. The number of rotatable bonds is 4. The van der Waals surface area contributed by atoms with Gasteiger partial charge in [0.1, 0.15) is 5.82 Å². The van der Waals surface area contributed by atoms with Crippen molar-refractivity contribution in [3.63, 3.8) is 0 Å². The van der Waals surface area contributed by atoms with E-state index in [2.05, 4.69) is 10.4 Å². The Labute approximate surface area is 117 Å². The predicted octanol–water partition coefficient (Wildman–Crippen LogP) is 2.34. The zero-order chi connectivity index (χ0) is 14.7. The Morgan fingerprint density at radius 1 is 1.35 bits per heavy atom. The molecule has 0 saturated heterocycles. The molecule has 0 fully saturated rings. The maximum atomic E-state index is 13.7. The van der Waals surface area contributed by atoms with Gasteiger partial charge in [-0.05, 0) is 26.0 Å². The SMILES string of the molecule is Cc1nn(C)c(C)c1CNCc1ccc(C#N)cc1F. The van der Waals surface area contributed by atoms with E-state index in [9.17, 15) is 4.39 Å². The second-order valence-electron chi connectivity index (χ2n) is 4.79. The molecule has 2 aromatic rings. The van der Waals surface area contributed by atoms with Crippen LogP contribution in [0.4, 0.5) is 4.39 Å². The number of aromatic nitrogens is 2. The minimum atomic E-state index is -0.351. The van der Waals surface area contributed by atoms with E-state index in [0.717, 1.165) is 17.0 Å². The fourth-order valence-corrected chi connectivity index (χ4v) is 2.16. The second-order valence-corrected chi connectivity index (χ2v) is 4.79. The summed E-state index contributed by atoms with van der Waals surface area (Å²) >= 11 is 0. The van der Waals surface area contributed by atoms with Crippen molar-refractivity contribution in [3.05, 3.63) is 52.1 Å². The summed E-state index contributed by atoms with van der Waals surface area (Å²) in [5.74, 6) is -0.351. The normalized spacial score (nSPS) is 10.6. The standard InChI is InChI=1S/C15H17FN4/c1-10-14(11(2)20(3)19-10)9-18-8-13-5-4-12(7-17)6-15(13)16/h4-6,18H,8-9H2,1-3H3. The zero-order valence-corrected chi connectivity index (χ0v) is 11.9. The molecule has 104 valence electrons. The quantitative estimate of drug-likeness (QED) is 0.929. The van der Waals surface area contributed by atoms with E-state index in [0.29, 0.717) is 24.2 Å². The van der Waals surface area contributed by atoms with Crippen LogP contribution in [0, 0.1) is 31.0 Å². The molecule has 0 atom stereocenters. The lowest BCUT2D eigenvalue weighted by Crippen LogP contribution is -2.15. The van der Waals surface area contributed by atoms with Crippen LogP contribution in [-0.4, -0.2) is 9.78 Å². The molecule has 5 heteroatoms. The summed E-state index contributed by atoms with van der Waals surface area (Å²) in [7, 11) is 1.91. The lowest BCUT2D eigenvalue weighted by atomic mass is 10.1. The molecule has 0 aliphatic heterocycles. The maximum absolute atomic E-state index is 13.7. The third kappa shape index (κ3) is 2.86. The van der Waals surface area contributed by atoms with Gasteiger partial charge in [-0.1, -0.05) is 6.07 Å². The summed E-state index contributed by atoms with van der Waals surface area (Å²) in [5, 5.41) is 16.3. The monoisotopic (exact) mass is 272 g/mol. The van der Waals surface area contributed by atoms with Crippen molar-refractivity contribution in [2.75, 3.05) is 0 Å². The van der Waals surface area contributed by atoms with Crippen LogP contribution < -0.4 is 5.32 Å². The van der Waals surface area contributed by atoms with Gasteiger partial charge in [0.15, 0.2) is 0 Å². The van der Waals surface area contributed by atoms with Crippen molar-refractivity contribution in [2.24, 2.45) is 7.05 Å². The topological polar surface area (TPSA) is 53.6 Å². The van der Waals surface area contributed by atoms with E-state index in [1.54, 1.807) is 12.1 Å². The molecule has 1 aromatic heterocycles. The smallest absolute Gasteiger partial charge is 0.129 e. The molecule has 20 heavy (non-hydrogen) atoms. The molecule has 0 aliphatic carbocycles. The summed E-state index contributed by atoms with van der Waals surface area (Å²) in [6.45, 7) is 5.04. The molecule has 0 bridgehead atoms. The minimum Gasteiger partial charge on any atom is -0.308 e. The van der Waals surface area contributed by atoms with Crippen LogP contribution in [0.2, 0.25) is 0 Å². The van der Waals surface area contributed by atoms with E-state index in [4.69, 9.17) is 5.26 Å². The van der Waals surface area contributed by atoms with E-state index >= 15 is 0 Å². The molecule has 2 rings (SSSR count). The van der Waals surface area contributed by atoms with Crippen LogP contribution in [0.5, 0.6) is 0 Å². The van der Waals surface area contributed by atoms with Gasteiger partial charge in [-0.3, -0.25) is 4.68 Å². The van der Waals surface area contributed by atoms with E-state index in [1.807, 2.05) is 31.6 Å². The highest BCUT2D eigenvalue weighted by Gasteiger charge is 2.09. The van der Waals surface area contributed by atoms with Crippen molar-refractivity contribution in [3.8, 4) is 6.07 Å². The second kappa shape index (κ2) is 5.85. The molecule has 1 heterocycles. The molecule has 0 radical (unpaired) electrons. The molecule has 4 nitrogen and oxygen atoms in total. The highest BCUT2D eigenvalue weighted by Crippen LogP contribution is 2.13. The molecule has 0 amide bonds. The average molecular weight is 272 g/mol. The third-order valence-electron chi connectivity index (χ3n) is 3.46. The summed E-state index contributed by atoms with van der Waals surface area (Å²) in [4.78, 5) is 0. The van der Waals surface area contributed by atoms with Crippen molar-refractivity contribution < 1.29 is 4.39 Å². The van der Waals surface area contributed by atoms with Crippen LogP contribution in [0.1, 0.15) is 28.1 Å². The predicted molar refractivity (Wildman–Crippen MR) is 74.3 cm³/mol. The fourth-order valence-electron chi connectivity index (χ4n) is 2.16. The Morgan fingerprint density at radius 3 is 2.65 bits per heavy atom. The Hall–Kier alpha value is -2.19. The highest BCUT2D eigenvalue weighted by molar-refractivity contribution is 5.33. The molecule has 0 spiro atoms. The van der Waals surface area contributed by atoms with Gasteiger partial charge >= 0.3 is 0 Å². The number of benzene rings is 1. The number of halogens is 1. The van der Waals surface area contributed by atoms with Gasteiger partial charge in [0.25, 0.3) is 0 Å². The Kier molecular flexibility index (Phi) is 4.16. The Balaban J connectivity index is 2.01. The Bertz CT molecular complexity index is 667. The van der Waals surface area contributed by atoms with Crippen molar-refractivity contribution in [1.29, 1.82) is 5.26 Å². The van der Waals surface area contributed by atoms with Crippen LogP contribution >= 0.6 is 0 Å². The van der Waals surface area contributed by atoms with Crippen molar-refractivity contribution >= 4 is 0 Å². The molecule has 1 N–H and O–H groups in total.